The van der Waals surface area contributed by atoms with E-state index in [9.17, 15) is 4.79 Å². The van der Waals surface area contributed by atoms with E-state index in [0.29, 0.717) is 17.6 Å². The molecular formula is C27H25N3O. The van der Waals surface area contributed by atoms with Gasteiger partial charge in [0.2, 0.25) is 0 Å². The summed E-state index contributed by atoms with van der Waals surface area (Å²) in [5.41, 5.74) is 4.97. The Hall–Kier alpha value is -3.53. The molecule has 3 aromatic carbocycles. The Morgan fingerprint density at radius 2 is 1.61 bits per heavy atom. The lowest BCUT2D eigenvalue weighted by Crippen LogP contribution is -2.47. The Labute approximate surface area is 181 Å². The van der Waals surface area contributed by atoms with Gasteiger partial charge in [-0.3, -0.25) is 4.79 Å². The third-order valence-corrected chi connectivity index (χ3v) is 6.40. The van der Waals surface area contributed by atoms with Crippen LogP contribution in [-0.2, 0) is 11.8 Å². The standard InChI is InChI=1S/C27H25N3O/c1-3-25-28-23-12-8-7-11-22(23)26(31)30(25)29-24-17-18-27(24,20-9-5-4-6-10-20)21-15-13-19(2)14-16-21/h4-16H,3,17-18H2,1-2H3/b29-24-. The zero-order valence-electron chi connectivity index (χ0n) is 17.9. The van der Waals surface area contributed by atoms with Crippen molar-refractivity contribution >= 4 is 16.6 Å². The van der Waals surface area contributed by atoms with Gasteiger partial charge in [0.15, 0.2) is 0 Å². The number of fused-ring (bicyclic) bond motifs is 1. The van der Waals surface area contributed by atoms with Crippen molar-refractivity contribution < 1.29 is 0 Å². The van der Waals surface area contributed by atoms with Crippen LogP contribution in [0.15, 0.2) is 88.8 Å². The second-order valence-corrected chi connectivity index (χ2v) is 8.20. The maximum Gasteiger partial charge on any atom is 0.282 e. The molecule has 0 bridgehead atoms. The van der Waals surface area contributed by atoms with Crippen LogP contribution in [-0.4, -0.2) is 15.4 Å². The molecule has 0 radical (unpaired) electrons. The molecule has 4 aromatic rings. The first-order valence-electron chi connectivity index (χ1n) is 10.8. The van der Waals surface area contributed by atoms with Crippen LogP contribution in [0, 0.1) is 6.92 Å². The molecule has 4 nitrogen and oxygen atoms in total. The summed E-state index contributed by atoms with van der Waals surface area (Å²) in [6, 6.07) is 26.7. The zero-order chi connectivity index (χ0) is 21.4. The normalized spacial score (nSPS) is 19.5. The summed E-state index contributed by atoms with van der Waals surface area (Å²) in [4.78, 5) is 18.1. The van der Waals surface area contributed by atoms with Gasteiger partial charge in [-0.05, 0) is 43.0 Å². The number of aryl methyl sites for hydroxylation is 2. The Bertz CT molecular complexity index is 1340. The third kappa shape index (κ3) is 3.10. The van der Waals surface area contributed by atoms with Crippen molar-refractivity contribution in [3.05, 3.63) is 112 Å². The SMILES string of the molecule is CCc1nc2ccccc2c(=O)n1/N=C1/CCC1(c1ccccc1)c1ccc(C)cc1. The van der Waals surface area contributed by atoms with Gasteiger partial charge < -0.3 is 0 Å². The fraction of sp³-hybridized carbons (Fsp3) is 0.222. The maximum atomic E-state index is 13.3. The average Bonchev–Trinajstić information content (AvgIpc) is 2.80. The highest BCUT2D eigenvalue weighted by Gasteiger charge is 2.47. The topological polar surface area (TPSA) is 47.2 Å². The Balaban J connectivity index is 1.74. The molecule has 1 aromatic heterocycles. The summed E-state index contributed by atoms with van der Waals surface area (Å²) in [6.45, 7) is 4.11. The largest absolute Gasteiger partial charge is 0.282 e. The van der Waals surface area contributed by atoms with Gasteiger partial charge >= 0.3 is 0 Å². The van der Waals surface area contributed by atoms with E-state index in [0.717, 1.165) is 24.1 Å². The molecule has 1 fully saturated rings. The number of para-hydroxylation sites is 1. The van der Waals surface area contributed by atoms with Gasteiger partial charge in [0.05, 0.1) is 22.0 Å². The smallest absolute Gasteiger partial charge is 0.267 e. The van der Waals surface area contributed by atoms with Crippen LogP contribution in [0.4, 0.5) is 0 Å². The minimum Gasteiger partial charge on any atom is -0.267 e. The molecule has 0 amide bonds. The summed E-state index contributed by atoms with van der Waals surface area (Å²) in [7, 11) is 0. The van der Waals surface area contributed by atoms with Crippen LogP contribution < -0.4 is 5.56 Å². The molecule has 0 saturated heterocycles. The lowest BCUT2D eigenvalue weighted by molar-refractivity contribution is 0.528. The molecule has 154 valence electrons. The predicted molar refractivity (Wildman–Crippen MR) is 126 cm³/mol. The highest BCUT2D eigenvalue weighted by atomic mass is 16.1. The van der Waals surface area contributed by atoms with Gasteiger partial charge in [-0.15, -0.1) is 0 Å². The molecule has 1 aliphatic rings. The molecule has 1 unspecified atom stereocenters. The summed E-state index contributed by atoms with van der Waals surface area (Å²) in [5.74, 6) is 0.689. The van der Waals surface area contributed by atoms with Crippen LogP contribution >= 0.6 is 0 Å². The molecular weight excluding hydrogens is 382 g/mol. The van der Waals surface area contributed by atoms with E-state index in [1.165, 1.54) is 21.4 Å². The molecule has 0 aliphatic heterocycles. The lowest BCUT2D eigenvalue weighted by atomic mass is 9.59. The van der Waals surface area contributed by atoms with Crippen LogP contribution in [0.1, 0.15) is 42.3 Å². The fourth-order valence-corrected chi connectivity index (χ4v) is 4.59. The van der Waals surface area contributed by atoms with Crippen LogP contribution in [0.5, 0.6) is 0 Å². The zero-order valence-corrected chi connectivity index (χ0v) is 17.9. The minimum atomic E-state index is -0.314. The van der Waals surface area contributed by atoms with E-state index in [-0.39, 0.29) is 11.0 Å². The molecule has 4 heteroatoms. The highest BCUT2D eigenvalue weighted by Crippen LogP contribution is 2.47. The number of hydrogen-bond donors (Lipinski definition) is 0. The van der Waals surface area contributed by atoms with E-state index >= 15 is 0 Å². The molecule has 5 rings (SSSR count). The molecule has 1 heterocycles. The Kier molecular flexibility index (Phi) is 4.78. The van der Waals surface area contributed by atoms with Crippen molar-refractivity contribution in [2.24, 2.45) is 5.10 Å². The highest BCUT2D eigenvalue weighted by molar-refractivity contribution is 6.03. The quantitative estimate of drug-likeness (QED) is 0.464. The van der Waals surface area contributed by atoms with Crippen LogP contribution in [0.2, 0.25) is 0 Å². The van der Waals surface area contributed by atoms with Gasteiger partial charge in [0.25, 0.3) is 5.56 Å². The number of hydrogen-bond acceptors (Lipinski definition) is 3. The first-order chi connectivity index (χ1) is 15.1. The first-order valence-corrected chi connectivity index (χ1v) is 10.8. The molecule has 31 heavy (non-hydrogen) atoms. The van der Waals surface area contributed by atoms with Crippen LogP contribution in [0.3, 0.4) is 0 Å². The van der Waals surface area contributed by atoms with Gasteiger partial charge in [-0.25, -0.2) is 4.98 Å². The third-order valence-electron chi connectivity index (χ3n) is 6.40. The van der Waals surface area contributed by atoms with E-state index in [1.807, 2.05) is 37.3 Å². The fourth-order valence-electron chi connectivity index (χ4n) is 4.59. The van der Waals surface area contributed by atoms with Crippen LogP contribution in [0.25, 0.3) is 10.9 Å². The second-order valence-electron chi connectivity index (χ2n) is 8.20. The summed E-state index contributed by atoms with van der Waals surface area (Å²) in [6.07, 6.45) is 2.46. The average molecular weight is 408 g/mol. The maximum absolute atomic E-state index is 13.3. The first kappa shape index (κ1) is 19.4. The number of aromatic nitrogens is 2. The van der Waals surface area contributed by atoms with E-state index in [2.05, 4.69) is 55.5 Å². The summed E-state index contributed by atoms with van der Waals surface area (Å²) < 4.78 is 1.53. The number of nitrogens with zero attached hydrogens (tertiary/aromatic N) is 3. The Morgan fingerprint density at radius 1 is 0.935 bits per heavy atom. The van der Waals surface area contributed by atoms with Crippen molar-refractivity contribution in [1.82, 2.24) is 9.66 Å². The molecule has 1 atom stereocenters. The molecule has 1 saturated carbocycles. The lowest BCUT2D eigenvalue weighted by Gasteiger charge is -2.44. The number of rotatable bonds is 4. The van der Waals surface area contributed by atoms with Gasteiger partial charge in [0, 0.05) is 6.42 Å². The molecule has 0 spiro atoms. The predicted octanol–water partition coefficient (Wildman–Crippen LogP) is 5.25. The summed E-state index contributed by atoms with van der Waals surface area (Å²) >= 11 is 0. The van der Waals surface area contributed by atoms with Gasteiger partial charge in [-0.2, -0.15) is 9.78 Å². The Morgan fingerprint density at radius 3 is 2.29 bits per heavy atom. The van der Waals surface area contributed by atoms with Crippen molar-refractivity contribution in [3.63, 3.8) is 0 Å². The van der Waals surface area contributed by atoms with Crippen molar-refractivity contribution in [1.29, 1.82) is 0 Å². The monoisotopic (exact) mass is 407 g/mol. The molecule has 1 aliphatic carbocycles. The second kappa shape index (κ2) is 7.62. The van der Waals surface area contributed by atoms with Gasteiger partial charge in [0.1, 0.15) is 5.82 Å². The van der Waals surface area contributed by atoms with E-state index < -0.39 is 0 Å². The van der Waals surface area contributed by atoms with Crippen molar-refractivity contribution in [2.45, 2.75) is 38.5 Å². The van der Waals surface area contributed by atoms with Gasteiger partial charge in [-0.1, -0.05) is 79.2 Å². The van der Waals surface area contributed by atoms with E-state index in [4.69, 9.17) is 10.1 Å². The van der Waals surface area contributed by atoms with E-state index in [1.54, 1.807) is 0 Å². The summed E-state index contributed by atoms with van der Waals surface area (Å²) in [5, 5.41) is 5.57. The number of benzene rings is 3. The molecule has 0 N–H and O–H groups in total. The van der Waals surface area contributed by atoms with Crippen molar-refractivity contribution in [2.75, 3.05) is 0 Å². The van der Waals surface area contributed by atoms with Crippen molar-refractivity contribution in [3.8, 4) is 0 Å². The minimum absolute atomic E-state index is 0.104.